The monoisotopic (exact) mass is 251 g/mol. The van der Waals surface area contributed by atoms with Gasteiger partial charge < -0.3 is 9.05 Å². The fourth-order valence-corrected chi connectivity index (χ4v) is 1.52. The van der Waals surface area contributed by atoms with Crippen LogP contribution in [0.25, 0.3) is 0 Å². The maximum Gasteiger partial charge on any atom is 0.243 e. The molecule has 0 aliphatic heterocycles. The van der Waals surface area contributed by atoms with Crippen molar-refractivity contribution in [3.63, 3.8) is 0 Å². The van der Waals surface area contributed by atoms with Crippen molar-refractivity contribution in [2.24, 2.45) is 0 Å². The Morgan fingerprint density at radius 3 is 2.56 bits per heavy atom. The van der Waals surface area contributed by atoms with Gasteiger partial charge in [-0.25, -0.2) is 0 Å². The first-order valence-electron chi connectivity index (χ1n) is 5.92. The van der Waals surface area contributed by atoms with Crippen molar-refractivity contribution in [2.45, 2.75) is 39.8 Å². The Kier molecular flexibility index (Phi) is 3.71. The van der Waals surface area contributed by atoms with Crippen molar-refractivity contribution in [1.29, 1.82) is 0 Å². The van der Waals surface area contributed by atoms with Crippen molar-refractivity contribution in [3.05, 3.63) is 23.4 Å². The number of hydrogen-bond donors (Lipinski definition) is 0. The molecule has 7 nitrogen and oxygen atoms in total. The van der Waals surface area contributed by atoms with Gasteiger partial charge in [0.15, 0.2) is 11.6 Å². The highest BCUT2D eigenvalue weighted by Crippen LogP contribution is 2.18. The molecule has 2 aromatic heterocycles. The molecule has 0 radical (unpaired) electrons. The van der Waals surface area contributed by atoms with Crippen molar-refractivity contribution >= 4 is 0 Å². The molecular formula is C11H17N5O2. The molecule has 2 rings (SSSR count). The maximum absolute atomic E-state index is 5.15. The van der Waals surface area contributed by atoms with E-state index in [9.17, 15) is 0 Å². The van der Waals surface area contributed by atoms with Crippen LogP contribution in [0.2, 0.25) is 0 Å². The summed E-state index contributed by atoms with van der Waals surface area (Å²) in [6, 6.07) is 0.00294. The summed E-state index contributed by atoms with van der Waals surface area (Å²) in [5, 5.41) is 7.64. The average Bonchev–Trinajstić information content (AvgIpc) is 2.97. The van der Waals surface area contributed by atoms with Crippen LogP contribution in [0.3, 0.4) is 0 Å². The molecule has 0 N–H and O–H groups in total. The molecule has 18 heavy (non-hydrogen) atoms. The van der Waals surface area contributed by atoms with Gasteiger partial charge in [0.1, 0.15) is 0 Å². The Morgan fingerprint density at radius 1 is 1.22 bits per heavy atom. The van der Waals surface area contributed by atoms with Crippen molar-refractivity contribution in [2.75, 3.05) is 7.05 Å². The summed E-state index contributed by atoms with van der Waals surface area (Å²) in [6.45, 7) is 6.33. The SMILES string of the molecule is CCc1noc(CN(C)[C@H](C)c2nc(C)no2)n1. The molecule has 0 bridgehead atoms. The van der Waals surface area contributed by atoms with Crippen LogP contribution in [0, 0.1) is 6.92 Å². The van der Waals surface area contributed by atoms with Gasteiger partial charge in [-0.1, -0.05) is 17.2 Å². The van der Waals surface area contributed by atoms with E-state index in [2.05, 4.69) is 20.3 Å². The summed E-state index contributed by atoms with van der Waals surface area (Å²) >= 11 is 0. The van der Waals surface area contributed by atoms with Crippen LogP contribution in [0.1, 0.15) is 43.3 Å². The molecule has 0 unspecified atom stereocenters. The van der Waals surface area contributed by atoms with E-state index in [-0.39, 0.29) is 6.04 Å². The number of aryl methyl sites for hydroxylation is 2. The third-order valence-electron chi connectivity index (χ3n) is 2.77. The molecule has 0 amide bonds. The molecule has 1 atom stereocenters. The zero-order chi connectivity index (χ0) is 13.1. The molecule has 2 aromatic rings. The molecule has 0 aliphatic rings. The van der Waals surface area contributed by atoms with Crippen LogP contribution in [-0.2, 0) is 13.0 Å². The zero-order valence-corrected chi connectivity index (χ0v) is 11.0. The van der Waals surface area contributed by atoms with E-state index in [0.717, 1.165) is 12.2 Å². The van der Waals surface area contributed by atoms with Crippen LogP contribution in [-0.4, -0.2) is 32.2 Å². The highest BCUT2D eigenvalue weighted by atomic mass is 16.5. The standard InChI is InChI=1S/C11H17N5O2/c1-5-9-13-10(17-15-9)6-16(4)7(2)11-12-8(3)14-18-11/h7H,5-6H2,1-4H3/t7-/m1/s1. The summed E-state index contributed by atoms with van der Waals surface area (Å²) in [5.41, 5.74) is 0. The normalized spacial score (nSPS) is 13.2. The van der Waals surface area contributed by atoms with Gasteiger partial charge in [0, 0.05) is 6.42 Å². The minimum Gasteiger partial charge on any atom is -0.338 e. The first kappa shape index (κ1) is 12.7. The first-order valence-corrected chi connectivity index (χ1v) is 5.92. The smallest absolute Gasteiger partial charge is 0.243 e. The molecule has 0 aromatic carbocycles. The summed E-state index contributed by atoms with van der Waals surface area (Å²) in [5.74, 6) is 2.54. The van der Waals surface area contributed by atoms with Gasteiger partial charge in [-0.15, -0.1) is 0 Å². The Hall–Kier alpha value is -1.76. The van der Waals surface area contributed by atoms with Crippen LogP contribution in [0.5, 0.6) is 0 Å². The molecule has 0 fully saturated rings. The lowest BCUT2D eigenvalue weighted by atomic mass is 10.3. The third kappa shape index (κ3) is 2.73. The number of nitrogens with zero attached hydrogens (tertiary/aromatic N) is 5. The first-order chi connectivity index (χ1) is 8.60. The molecule has 0 aliphatic carbocycles. The Bertz CT molecular complexity index is 507. The minimum atomic E-state index is 0.00294. The van der Waals surface area contributed by atoms with Gasteiger partial charge in [-0.05, 0) is 20.9 Å². The van der Waals surface area contributed by atoms with Crippen molar-refractivity contribution in [3.8, 4) is 0 Å². The van der Waals surface area contributed by atoms with Crippen LogP contribution < -0.4 is 0 Å². The fourth-order valence-electron chi connectivity index (χ4n) is 1.52. The molecule has 2 heterocycles. The second-order valence-electron chi connectivity index (χ2n) is 4.23. The number of rotatable bonds is 5. The highest BCUT2D eigenvalue weighted by molar-refractivity contribution is 4.92. The van der Waals surface area contributed by atoms with E-state index in [1.54, 1.807) is 6.92 Å². The van der Waals surface area contributed by atoms with E-state index >= 15 is 0 Å². The van der Waals surface area contributed by atoms with E-state index in [1.807, 2.05) is 25.8 Å². The van der Waals surface area contributed by atoms with Crippen LogP contribution in [0.15, 0.2) is 9.05 Å². The van der Waals surface area contributed by atoms with Gasteiger partial charge in [0.2, 0.25) is 11.8 Å². The topological polar surface area (TPSA) is 81.1 Å². The second-order valence-corrected chi connectivity index (χ2v) is 4.23. The van der Waals surface area contributed by atoms with Gasteiger partial charge in [0.05, 0.1) is 12.6 Å². The highest BCUT2D eigenvalue weighted by Gasteiger charge is 2.20. The van der Waals surface area contributed by atoms with Gasteiger partial charge in [0.25, 0.3) is 0 Å². The Balaban J connectivity index is 2.00. The quantitative estimate of drug-likeness (QED) is 0.796. The molecule has 0 saturated carbocycles. The second kappa shape index (κ2) is 5.26. The molecule has 98 valence electrons. The predicted octanol–water partition coefficient (Wildman–Crippen LogP) is 1.52. The summed E-state index contributed by atoms with van der Waals surface area (Å²) in [4.78, 5) is 10.5. The summed E-state index contributed by atoms with van der Waals surface area (Å²) < 4.78 is 10.3. The Labute approximate surface area is 105 Å². The van der Waals surface area contributed by atoms with Crippen LogP contribution in [0.4, 0.5) is 0 Å². The lowest BCUT2D eigenvalue weighted by molar-refractivity contribution is 0.181. The van der Waals surface area contributed by atoms with Crippen LogP contribution >= 0.6 is 0 Å². The van der Waals surface area contributed by atoms with E-state index < -0.39 is 0 Å². The van der Waals surface area contributed by atoms with Crippen molar-refractivity contribution < 1.29 is 9.05 Å². The summed E-state index contributed by atoms with van der Waals surface area (Å²) in [6.07, 6.45) is 0.769. The summed E-state index contributed by atoms with van der Waals surface area (Å²) in [7, 11) is 1.94. The zero-order valence-electron chi connectivity index (χ0n) is 11.0. The molecule has 7 heteroatoms. The largest absolute Gasteiger partial charge is 0.338 e. The van der Waals surface area contributed by atoms with Gasteiger partial charge >= 0.3 is 0 Å². The number of aromatic nitrogens is 4. The molecule has 0 spiro atoms. The van der Waals surface area contributed by atoms with E-state index in [0.29, 0.717) is 24.2 Å². The minimum absolute atomic E-state index is 0.00294. The van der Waals surface area contributed by atoms with Gasteiger partial charge in [-0.3, -0.25) is 4.90 Å². The predicted molar refractivity (Wildman–Crippen MR) is 62.6 cm³/mol. The van der Waals surface area contributed by atoms with Crippen molar-refractivity contribution in [1.82, 2.24) is 25.2 Å². The van der Waals surface area contributed by atoms with E-state index in [1.165, 1.54) is 0 Å². The molecule has 0 saturated heterocycles. The van der Waals surface area contributed by atoms with E-state index in [4.69, 9.17) is 9.05 Å². The molecular weight excluding hydrogens is 234 g/mol. The maximum atomic E-state index is 5.15. The average molecular weight is 251 g/mol. The fraction of sp³-hybridized carbons (Fsp3) is 0.636. The third-order valence-corrected chi connectivity index (χ3v) is 2.77. The Morgan fingerprint density at radius 2 is 2.00 bits per heavy atom. The van der Waals surface area contributed by atoms with Gasteiger partial charge in [-0.2, -0.15) is 9.97 Å². The number of hydrogen-bond acceptors (Lipinski definition) is 7. The lowest BCUT2D eigenvalue weighted by Gasteiger charge is -2.19. The lowest BCUT2D eigenvalue weighted by Crippen LogP contribution is -2.22.